The van der Waals surface area contributed by atoms with Crippen LogP contribution in [0.2, 0.25) is 4.34 Å². The van der Waals surface area contributed by atoms with E-state index in [1.165, 1.54) is 11.3 Å². The number of rotatable bonds is 4. The van der Waals surface area contributed by atoms with E-state index in [1.54, 1.807) is 6.20 Å². The predicted molar refractivity (Wildman–Crippen MR) is 65.8 cm³/mol. The van der Waals surface area contributed by atoms with Crippen LogP contribution in [0.15, 0.2) is 22.7 Å². The molecule has 0 aliphatic rings. The zero-order chi connectivity index (χ0) is 11.5. The van der Waals surface area contributed by atoms with Crippen molar-refractivity contribution in [2.75, 3.05) is 0 Å². The van der Waals surface area contributed by atoms with Gasteiger partial charge >= 0.3 is 0 Å². The Kier molecular flexibility index (Phi) is 3.63. The van der Waals surface area contributed by atoms with E-state index in [0.29, 0.717) is 6.54 Å². The molecule has 0 aromatic carbocycles. The average molecular weight is 257 g/mol. The molecule has 0 aliphatic carbocycles. The molecule has 1 atom stereocenters. The fourth-order valence-corrected chi connectivity index (χ4v) is 2.30. The Labute approximate surface area is 103 Å². The molecule has 2 aromatic heterocycles. The van der Waals surface area contributed by atoms with Gasteiger partial charge in [-0.25, -0.2) is 4.98 Å². The summed E-state index contributed by atoms with van der Waals surface area (Å²) in [6, 6.07) is 4.13. The van der Waals surface area contributed by atoms with E-state index in [0.717, 1.165) is 20.9 Å². The van der Waals surface area contributed by atoms with Crippen LogP contribution in [-0.4, -0.2) is 4.98 Å². The Hall–Kier alpha value is -0.840. The van der Waals surface area contributed by atoms with Crippen molar-refractivity contribution < 1.29 is 4.42 Å². The maximum Gasteiger partial charge on any atom is 0.120 e. The van der Waals surface area contributed by atoms with Gasteiger partial charge in [0.15, 0.2) is 0 Å². The maximum absolute atomic E-state index is 5.81. The second kappa shape index (κ2) is 4.99. The highest BCUT2D eigenvalue weighted by atomic mass is 35.5. The predicted octanol–water partition coefficient (Wildman–Crippen LogP) is 3.55. The van der Waals surface area contributed by atoms with Crippen molar-refractivity contribution in [3.63, 3.8) is 0 Å². The second-order valence-electron chi connectivity index (χ2n) is 3.61. The highest BCUT2D eigenvalue weighted by Gasteiger charge is 2.09. The first-order valence-electron chi connectivity index (χ1n) is 5.05. The third-order valence-corrected chi connectivity index (χ3v) is 3.39. The monoisotopic (exact) mass is 256 g/mol. The number of aromatic nitrogens is 1. The molecule has 5 heteroatoms. The number of thiazole rings is 1. The van der Waals surface area contributed by atoms with Crippen LogP contribution < -0.4 is 5.32 Å². The molecule has 2 rings (SSSR count). The highest BCUT2D eigenvalue weighted by molar-refractivity contribution is 7.15. The normalized spacial score (nSPS) is 12.9. The zero-order valence-electron chi connectivity index (χ0n) is 9.16. The maximum atomic E-state index is 5.81. The Balaban J connectivity index is 1.91. The van der Waals surface area contributed by atoms with Crippen LogP contribution in [0.3, 0.4) is 0 Å². The van der Waals surface area contributed by atoms with E-state index >= 15 is 0 Å². The quantitative estimate of drug-likeness (QED) is 0.909. The van der Waals surface area contributed by atoms with Gasteiger partial charge in [-0.3, -0.25) is 0 Å². The molecule has 0 spiro atoms. The lowest BCUT2D eigenvalue weighted by molar-refractivity contribution is 0.415. The SMILES string of the molecule is Cc1ccc(C(C)NCc2ncc(Cl)s2)o1. The van der Waals surface area contributed by atoms with Gasteiger partial charge in [-0.15, -0.1) is 11.3 Å². The van der Waals surface area contributed by atoms with Gasteiger partial charge in [0, 0.05) is 6.54 Å². The average Bonchev–Trinajstić information content (AvgIpc) is 2.84. The molecule has 16 heavy (non-hydrogen) atoms. The van der Waals surface area contributed by atoms with Crippen LogP contribution in [0.1, 0.15) is 29.5 Å². The first-order chi connectivity index (χ1) is 7.65. The summed E-state index contributed by atoms with van der Waals surface area (Å²) in [7, 11) is 0. The Morgan fingerprint density at radius 3 is 2.94 bits per heavy atom. The molecule has 0 saturated heterocycles. The molecule has 0 aliphatic heterocycles. The van der Waals surface area contributed by atoms with E-state index in [9.17, 15) is 0 Å². The minimum absolute atomic E-state index is 0.177. The molecular weight excluding hydrogens is 244 g/mol. The third-order valence-electron chi connectivity index (χ3n) is 2.27. The summed E-state index contributed by atoms with van der Waals surface area (Å²) in [5, 5.41) is 4.32. The summed E-state index contributed by atoms with van der Waals surface area (Å²) in [6.45, 7) is 4.71. The number of hydrogen-bond donors (Lipinski definition) is 1. The van der Waals surface area contributed by atoms with E-state index in [4.69, 9.17) is 16.0 Å². The summed E-state index contributed by atoms with van der Waals surface area (Å²) in [4.78, 5) is 4.18. The molecule has 0 saturated carbocycles. The van der Waals surface area contributed by atoms with E-state index in [2.05, 4.69) is 17.2 Å². The Bertz CT molecular complexity index is 466. The molecule has 2 heterocycles. The van der Waals surface area contributed by atoms with Gasteiger partial charge in [0.25, 0.3) is 0 Å². The highest BCUT2D eigenvalue weighted by Crippen LogP contribution is 2.20. The first-order valence-corrected chi connectivity index (χ1v) is 6.24. The van der Waals surface area contributed by atoms with Crippen molar-refractivity contribution in [3.05, 3.63) is 39.2 Å². The Morgan fingerprint density at radius 2 is 2.38 bits per heavy atom. The summed E-state index contributed by atoms with van der Waals surface area (Å²) >= 11 is 7.30. The van der Waals surface area contributed by atoms with Crippen molar-refractivity contribution in [2.45, 2.75) is 26.4 Å². The topological polar surface area (TPSA) is 38.1 Å². The number of furan rings is 1. The van der Waals surface area contributed by atoms with Crippen LogP contribution in [-0.2, 0) is 6.54 Å². The minimum atomic E-state index is 0.177. The van der Waals surface area contributed by atoms with Crippen LogP contribution in [0, 0.1) is 6.92 Å². The lowest BCUT2D eigenvalue weighted by atomic mass is 10.2. The largest absolute Gasteiger partial charge is 0.465 e. The van der Waals surface area contributed by atoms with Crippen molar-refractivity contribution in [2.24, 2.45) is 0 Å². The van der Waals surface area contributed by atoms with E-state index < -0.39 is 0 Å². The molecule has 86 valence electrons. The van der Waals surface area contributed by atoms with Crippen molar-refractivity contribution in [1.29, 1.82) is 0 Å². The fourth-order valence-electron chi connectivity index (χ4n) is 1.40. The minimum Gasteiger partial charge on any atom is -0.465 e. The molecule has 1 unspecified atom stereocenters. The van der Waals surface area contributed by atoms with Gasteiger partial charge in [0.1, 0.15) is 20.9 Å². The summed E-state index contributed by atoms with van der Waals surface area (Å²) in [5.41, 5.74) is 0. The van der Waals surface area contributed by atoms with Gasteiger partial charge in [0.05, 0.1) is 12.2 Å². The zero-order valence-corrected chi connectivity index (χ0v) is 10.7. The van der Waals surface area contributed by atoms with E-state index in [1.807, 2.05) is 19.1 Å². The molecule has 0 amide bonds. The number of aryl methyl sites for hydroxylation is 1. The molecule has 0 bridgehead atoms. The number of hydrogen-bond acceptors (Lipinski definition) is 4. The van der Waals surface area contributed by atoms with Gasteiger partial charge in [-0.2, -0.15) is 0 Å². The van der Waals surface area contributed by atoms with Crippen LogP contribution in [0.4, 0.5) is 0 Å². The van der Waals surface area contributed by atoms with Crippen LogP contribution >= 0.6 is 22.9 Å². The first kappa shape index (κ1) is 11.6. The third kappa shape index (κ3) is 2.84. The number of nitrogens with one attached hydrogen (secondary N) is 1. The van der Waals surface area contributed by atoms with Crippen LogP contribution in [0.5, 0.6) is 0 Å². The fraction of sp³-hybridized carbons (Fsp3) is 0.364. The standard InChI is InChI=1S/C11H13ClN2OS/c1-7-3-4-9(15-7)8(2)13-6-11-14-5-10(12)16-11/h3-5,8,13H,6H2,1-2H3. The van der Waals surface area contributed by atoms with Gasteiger partial charge in [-0.1, -0.05) is 11.6 Å². The lowest BCUT2D eigenvalue weighted by Gasteiger charge is -2.09. The van der Waals surface area contributed by atoms with Gasteiger partial charge < -0.3 is 9.73 Å². The van der Waals surface area contributed by atoms with Crippen LogP contribution in [0.25, 0.3) is 0 Å². The molecule has 3 nitrogen and oxygen atoms in total. The molecular formula is C11H13ClN2OS. The Morgan fingerprint density at radius 1 is 1.56 bits per heavy atom. The van der Waals surface area contributed by atoms with Crippen molar-refractivity contribution >= 4 is 22.9 Å². The molecule has 0 radical (unpaired) electrons. The molecule has 2 aromatic rings. The smallest absolute Gasteiger partial charge is 0.120 e. The summed E-state index contributed by atoms with van der Waals surface area (Å²) < 4.78 is 6.25. The van der Waals surface area contributed by atoms with Crippen molar-refractivity contribution in [3.8, 4) is 0 Å². The van der Waals surface area contributed by atoms with Gasteiger partial charge in [0.2, 0.25) is 0 Å². The number of nitrogens with zero attached hydrogens (tertiary/aromatic N) is 1. The van der Waals surface area contributed by atoms with E-state index in [-0.39, 0.29) is 6.04 Å². The molecule has 0 fully saturated rings. The summed E-state index contributed by atoms with van der Waals surface area (Å²) in [5.74, 6) is 1.88. The number of halogens is 1. The second-order valence-corrected chi connectivity index (χ2v) is 5.36. The van der Waals surface area contributed by atoms with Crippen molar-refractivity contribution in [1.82, 2.24) is 10.3 Å². The lowest BCUT2D eigenvalue weighted by Crippen LogP contribution is -2.17. The summed E-state index contributed by atoms with van der Waals surface area (Å²) in [6.07, 6.45) is 1.67. The van der Waals surface area contributed by atoms with Gasteiger partial charge in [-0.05, 0) is 26.0 Å². The molecule has 1 N–H and O–H groups in total.